The van der Waals surface area contributed by atoms with Crippen molar-refractivity contribution in [1.82, 2.24) is 5.48 Å². The Morgan fingerprint density at radius 3 is 2.21 bits per heavy atom. The Balaban J connectivity index is 1.58. The average molecular weight is 314 g/mol. The molecular formula is C21H18N2O. The summed E-state index contributed by atoms with van der Waals surface area (Å²) >= 11 is 0. The van der Waals surface area contributed by atoms with Crippen LogP contribution >= 0.6 is 0 Å². The van der Waals surface area contributed by atoms with Crippen LogP contribution in [0.15, 0.2) is 83.9 Å². The summed E-state index contributed by atoms with van der Waals surface area (Å²) in [7, 11) is 0. The van der Waals surface area contributed by atoms with E-state index in [4.69, 9.17) is 4.84 Å². The molecule has 0 amide bonds. The standard InChI is InChI=1S/C21H18N2O/c1-15-7-5-6-10-19(15)20-22-21(24-23-20)18-13-11-17(12-14-18)16-8-3-2-4-9-16/h2-14,21H,1H3,(H,22,23). The summed E-state index contributed by atoms with van der Waals surface area (Å²) in [4.78, 5) is 10.3. The number of hydrogen-bond donors (Lipinski definition) is 1. The first-order chi connectivity index (χ1) is 11.8. The van der Waals surface area contributed by atoms with E-state index in [0.29, 0.717) is 0 Å². The molecule has 1 aliphatic heterocycles. The molecule has 3 aromatic carbocycles. The fourth-order valence-electron chi connectivity index (χ4n) is 2.86. The van der Waals surface area contributed by atoms with Crippen LogP contribution in [0, 0.1) is 6.92 Å². The van der Waals surface area contributed by atoms with Gasteiger partial charge in [-0.3, -0.25) is 0 Å². The van der Waals surface area contributed by atoms with Crippen LogP contribution in [0.3, 0.4) is 0 Å². The lowest BCUT2D eigenvalue weighted by atomic mass is 10.0. The molecule has 0 bridgehead atoms. The molecule has 0 saturated carbocycles. The minimum Gasteiger partial charge on any atom is -0.246 e. The Labute approximate surface area is 141 Å². The first kappa shape index (κ1) is 14.7. The summed E-state index contributed by atoms with van der Waals surface area (Å²) < 4.78 is 0. The fraction of sp³-hybridized carbons (Fsp3) is 0.0952. The van der Waals surface area contributed by atoms with Crippen molar-refractivity contribution in [2.75, 3.05) is 0 Å². The minimum atomic E-state index is -0.315. The molecule has 1 unspecified atom stereocenters. The van der Waals surface area contributed by atoms with Gasteiger partial charge in [0.25, 0.3) is 0 Å². The third kappa shape index (κ3) is 2.82. The number of hydroxylamine groups is 1. The van der Waals surface area contributed by atoms with Crippen LogP contribution in [0.5, 0.6) is 0 Å². The highest BCUT2D eigenvalue weighted by atomic mass is 16.7. The second-order valence-corrected chi connectivity index (χ2v) is 5.85. The third-order valence-electron chi connectivity index (χ3n) is 4.22. The molecule has 3 heteroatoms. The zero-order valence-electron chi connectivity index (χ0n) is 13.4. The van der Waals surface area contributed by atoms with Gasteiger partial charge in [0.05, 0.1) is 0 Å². The van der Waals surface area contributed by atoms with Crippen molar-refractivity contribution in [2.45, 2.75) is 13.2 Å². The summed E-state index contributed by atoms with van der Waals surface area (Å²) in [5, 5.41) is 0. The fourth-order valence-corrected chi connectivity index (χ4v) is 2.86. The van der Waals surface area contributed by atoms with Crippen molar-refractivity contribution < 1.29 is 4.84 Å². The van der Waals surface area contributed by atoms with E-state index >= 15 is 0 Å². The maximum Gasteiger partial charge on any atom is 0.202 e. The van der Waals surface area contributed by atoms with Crippen molar-refractivity contribution in [1.29, 1.82) is 0 Å². The molecule has 1 aliphatic rings. The van der Waals surface area contributed by atoms with E-state index in [0.717, 1.165) is 17.0 Å². The van der Waals surface area contributed by atoms with Crippen LogP contribution in [0.2, 0.25) is 0 Å². The molecule has 0 aromatic heterocycles. The Kier molecular flexibility index (Phi) is 3.85. The Morgan fingerprint density at radius 2 is 1.46 bits per heavy atom. The molecule has 0 radical (unpaired) electrons. The topological polar surface area (TPSA) is 33.6 Å². The van der Waals surface area contributed by atoms with Gasteiger partial charge in [-0.15, -0.1) is 0 Å². The van der Waals surface area contributed by atoms with E-state index in [9.17, 15) is 0 Å². The Hall–Kier alpha value is -2.91. The van der Waals surface area contributed by atoms with Gasteiger partial charge in [0.15, 0.2) is 5.84 Å². The van der Waals surface area contributed by atoms with Gasteiger partial charge in [-0.1, -0.05) is 78.9 Å². The second-order valence-electron chi connectivity index (χ2n) is 5.85. The number of aliphatic imine (C=N–C) groups is 1. The Morgan fingerprint density at radius 1 is 0.792 bits per heavy atom. The number of benzene rings is 3. The van der Waals surface area contributed by atoms with E-state index in [1.807, 2.05) is 36.4 Å². The molecule has 3 nitrogen and oxygen atoms in total. The minimum absolute atomic E-state index is 0.315. The molecule has 24 heavy (non-hydrogen) atoms. The monoisotopic (exact) mass is 314 g/mol. The number of aryl methyl sites for hydroxylation is 1. The van der Waals surface area contributed by atoms with Gasteiger partial charge in [0.1, 0.15) is 0 Å². The Bertz CT molecular complexity index is 870. The zero-order valence-corrected chi connectivity index (χ0v) is 13.4. The van der Waals surface area contributed by atoms with E-state index in [1.54, 1.807) is 0 Å². The van der Waals surface area contributed by atoms with Gasteiger partial charge >= 0.3 is 0 Å². The molecule has 3 aromatic rings. The quantitative estimate of drug-likeness (QED) is 0.764. The van der Waals surface area contributed by atoms with Crippen LogP contribution in [0.25, 0.3) is 11.1 Å². The predicted octanol–water partition coefficient (Wildman–Crippen LogP) is 4.64. The maximum atomic E-state index is 5.65. The van der Waals surface area contributed by atoms with E-state index in [-0.39, 0.29) is 6.23 Å². The lowest BCUT2D eigenvalue weighted by Crippen LogP contribution is -2.18. The lowest BCUT2D eigenvalue weighted by molar-refractivity contribution is 0.0377. The van der Waals surface area contributed by atoms with Gasteiger partial charge < -0.3 is 0 Å². The van der Waals surface area contributed by atoms with Crippen molar-refractivity contribution in [2.24, 2.45) is 4.99 Å². The highest BCUT2D eigenvalue weighted by Gasteiger charge is 2.21. The van der Waals surface area contributed by atoms with Gasteiger partial charge in [-0.2, -0.15) is 0 Å². The SMILES string of the molecule is Cc1ccccc1C1=NC(c2ccc(-c3ccccc3)cc2)ON1. The molecule has 0 spiro atoms. The largest absolute Gasteiger partial charge is 0.246 e. The summed E-state index contributed by atoms with van der Waals surface area (Å²) in [6.07, 6.45) is -0.315. The number of nitrogens with one attached hydrogen (secondary N) is 1. The lowest BCUT2D eigenvalue weighted by Gasteiger charge is -2.07. The molecule has 0 aliphatic carbocycles. The van der Waals surface area contributed by atoms with Crippen LogP contribution in [0.4, 0.5) is 0 Å². The van der Waals surface area contributed by atoms with Gasteiger partial charge in [-0.25, -0.2) is 15.3 Å². The second kappa shape index (κ2) is 6.30. The zero-order chi connectivity index (χ0) is 16.4. The normalized spacial score (nSPS) is 16.5. The van der Waals surface area contributed by atoms with E-state index < -0.39 is 0 Å². The van der Waals surface area contributed by atoms with Crippen molar-refractivity contribution in [3.63, 3.8) is 0 Å². The first-order valence-electron chi connectivity index (χ1n) is 8.02. The maximum absolute atomic E-state index is 5.65. The highest BCUT2D eigenvalue weighted by molar-refractivity contribution is 6.00. The summed E-state index contributed by atoms with van der Waals surface area (Å²) in [5.74, 6) is 0.783. The van der Waals surface area contributed by atoms with Crippen LogP contribution in [0.1, 0.15) is 22.9 Å². The number of rotatable bonds is 3. The summed E-state index contributed by atoms with van der Waals surface area (Å²) in [6.45, 7) is 2.07. The van der Waals surface area contributed by atoms with E-state index in [1.165, 1.54) is 16.7 Å². The van der Waals surface area contributed by atoms with Crippen LogP contribution in [-0.2, 0) is 4.84 Å². The molecule has 1 heterocycles. The number of amidine groups is 1. The van der Waals surface area contributed by atoms with Crippen LogP contribution in [-0.4, -0.2) is 5.84 Å². The smallest absolute Gasteiger partial charge is 0.202 e. The van der Waals surface area contributed by atoms with Gasteiger partial charge in [0.2, 0.25) is 6.23 Å². The van der Waals surface area contributed by atoms with Crippen molar-refractivity contribution in [3.05, 3.63) is 95.6 Å². The van der Waals surface area contributed by atoms with E-state index in [2.05, 4.69) is 59.9 Å². The molecule has 1 atom stereocenters. The molecule has 118 valence electrons. The molecule has 0 fully saturated rings. The molecular weight excluding hydrogens is 296 g/mol. The molecule has 4 rings (SSSR count). The molecule has 1 N–H and O–H groups in total. The third-order valence-corrected chi connectivity index (χ3v) is 4.22. The average Bonchev–Trinajstić information content (AvgIpc) is 3.13. The summed E-state index contributed by atoms with van der Waals surface area (Å²) in [5.41, 5.74) is 8.63. The summed E-state index contributed by atoms with van der Waals surface area (Å²) in [6, 6.07) is 26.8. The predicted molar refractivity (Wildman–Crippen MR) is 96.6 cm³/mol. The highest BCUT2D eigenvalue weighted by Crippen LogP contribution is 2.27. The molecule has 0 saturated heterocycles. The first-order valence-corrected chi connectivity index (χ1v) is 8.02. The van der Waals surface area contributed by atoms with Gasteiger partial charge in [-0.05, 0) is 23.6 Å². The van der Waals surface area contributed by atoms with Crippen molar-refractivity contribution >= 4 is 5.84 Å². The van der Waals surface area contributed by atoms with Crippen molar-refractivity contribution in [3.8, 4) is 11.1 Å². The van der Waals surface area contributed by atoms with Gasteiger partial charge in [0, 0.05) is 11.1 Å². The van der Waals surface area contributed by atoms with Crippen LogP contribution < -0.4 is 5.48 Å². The number of nitrogens with zero attached hydrogens (tertiary/aromatic N) is 1. The number of hydrogen-bond acceptors (Lipinski definition) is 3.